The summed E-state index contributed by atoms with van der Waals surface area (Å²) in [6.45, 7) is 7.27. The lowest BCUT2D eigenvalue weighted by Gasteiger charge is -2.09. The second-order valence-electron chi connectivity index (χ2n) is 3.86. The van der Waals surface area contributed by atoms with E-state index in [0.717, 1.165) is 5.92 Å². The van der Waals surface area contributed by atoms with Crippen molar-refractivity contribution in [2.24, 2.45) is 5.92 Å². The molecule has 1 aliphatic rings. The van der Waals surface area contributed by atoms with Crippen molar-refractivity contribution in [3.05, 3.63) is 0 Å². The van der Waals surface area contributed by atoms with E-state index in [1.165, 1.54) is 19.8 Å². The van der Waals surface area contributed by atoms with Crippen molar-refractivity contribution in [3.8, 4) is 0 Å². The zero-order valence-corrected chi connectivity index (χ0v) is 10.0. The molecule has 1 aliphatic carbocycles. The highest BCUT2D eigenvalue weighted by Gasteiger charge is 2.13. The molecule has 0 spiro atoms. The van der Waals surface area contributed by atoms with E-state index in [0.29, 0.717) is 6.61 Å². The van der Waals surface area contributed by atoms with E-state index in [9.17, 15) is 9.59 Å². The molecule has 4 heteroatoms. The van der Waals surface area contributed by atoms with Gasteiger partial charge in [-0.1, -0.05) is 19.8 Å². The third kappa shape index (κ3) is 9.25. The van der Waals surface area contributed by atoms with Gasteiger partial charge in [-0.15, -0.1) is 0 Å². The topological polar surface area (TPSA) is 55.4 Å². The van der Waals surface area contributed by atoms with Crippen LogP contribution < -0.4 is 5.32 Å². The highest BCUT2D eigenvalue weighted by atomic mass is 16.5. The Kier molecular flexibility index (Phi) is 6.75. The van der Waals surface area contributed by atoms with Gasteiger partial charge in [0.25, 0.3) is 0 Å². The molecule has 1 saturated carbocycles. The molecule has 0 aromatic carbocycles. The van der Waals surface area contributed by atoms with Crippen LogP contribution in [-0.2, 0) is 14.3 Å². The molecule has 1 rings (SSSR count). The number of hydrogen-bond acceptors (Lipinski definition) is 3. The van der Waals surface area contributed by atoms with E-state index >= 15 is 0 Å². The first-order chi connectivity index (χ1) is 6.97. The Hall–Kier alpha value is -1.06. The first kappa shape index (κ1) is 13.9. The molecule has 0 bridgehead atoms. The number of amides is 1. The fourth-order valence-electron chi connectivity index (χ4n) is 0.798. The molecular formula is C11H21NO3. The van der Waals surface area contributed by atoms with Crippen molar-refractivity contribution in [2.75, 3.05) is 6.61 Å². The van der Waals surface area contributed by atoms with E-state index in [4.69, 9.17) is 0 Å². The fraction of sp³-hybridized carbons (Fsp3) is 0.818. The first-order valence-electron chi connectivity index (χ1n) is 5.41. The first-order valence-corrected chi connectivity index (χ1v) is 5.41. The summed E-state index contributed by atoms with van der Waals surface area (Å²) in [4.78, 5) is 21.3. The second-order valence-corrected chi connectivity index (χ2v) is 3.86. The van der Waals surface area contributed by atoms with Crippen LogP contribution in [0, 0.1) is 5.92 Å². The lowest BCUT2D eigenvalue weighted by atomic mass is 10.3. The van der Waals surface area contributed by atoms with Gasteiger partial charge in [-0.25, -0.2) is 4.79 Å². The molecule has 4 nitrogen and oxygen atoms in total. The standard InChI is InChI=1S/C7H13NO3.C4H8/c1-4-11-7(10)5(2)8-6(3)9;1-4-2-3-4/h5H,4H2,1-3H3,(H,8,9);4H,2-3H2,1H3. The number of rotatable bonds is 3. The van der Waals surface area contributed by atoms with Gasteiger partial charge in [-0.05, 0) is 19.8 Å². The SMILES string of the molecule is CC1CC1.CCOC(=O)C(C)NC(C)=O. The minimum atomic E-state index is -0.549. The monoisotopic (exact) mass is 215 g/mol. The van der Waals surface area contributed by atoms with E-state index in [-0.39, 0.29) is 5.91 Å². The van der Waals surface area contributed by atoms with Crippen LogP contribution in [0.2, 0.25) is 0 Å². The number of esters is 1. The number of carbonyl (C=O) groups excluding carboxylic acids is 2. The average molecular weight is 215 g/mol. The Morgan fingerprint density at radius 1 is 1.47 bits per heavy atom. The lowest BCUT2D eigenvalue weighted by Crippen LogP contribution is -2.38. The van der Waals surface area contributed by atoms with Gasteiger partial charge in [0, 0.05) is 6.92 Å². The van der Waals surface area contributed by atoms with Gasteiger partial charge in [0.05, 0.1) is 6.61 Å². The minimum absolute atomic E-state index is 0.231. The maximum Gasteiger partial charge on any atom is 0.328 e. The molecule has 1 N–H and O–H groups in total. The second kappa shape index (κ2) is 7.26. The minimum Gasteiger partial charge on any atom is -0.464 e. The van der Waals surface area contributed by atoms with Crippen LogP contribution in [0.1, 0.15) is 40.5 Å². The summed E-state index contributed by atoms with van der Waals surface area (Å²) < 4.78 is 4.65. The largest absolute Gasteiger partial charge is 0.464 e. The third-order valence-electron chi connectivity index (χ3n) is 1.93. The zero-order chi connectivity index (χ0) is 11.8. The number of carbonyl (C=O) groups is 2. The average Bonchev–Trinajstić information content (AvgIpc) is 2.88. The summed E-state index contributed by atoms with van der Waals surface area (Å²) in [5.41, 5.74) is 0. The number of nitrogens with one attached hydrogen (secondary N) is 1. The Labute approximate surface area is 91.4 Å². The van der Waals surface area contributed by atoms with Gasteiger partial charge >= 0.3 is 5.97 Å². The molecule has 0 aliphatic heterocycles. The Bertz CT molecular complexity index is 212. The molecule has 0 aromatic rings. The Morgan fingerprint density at radius 3 is 2.20 bits per heavy atom. The van der Waals surface area contributed by atoms with Crippen LogP contribution in [0.15, 0.2) is 0 Å². The van der Waals surface area contributed by atoms with Crippen molar-refractivity contribution < 1.29 is 14.3 Å². The van der Waals surface area contributed by atoms with Crippen molar-refractivity contribution in [1.82, 2.24) is 5.32 Å². The highest BCUT2D eigenvalue weighted by Crippen LogP contribution is 2.26. The van der Waals surface area contributed by atoms with Crippen molar-refractivity contribution in [1.29, 1.82) is 0 Å². The van der Waals surface area contributed by atoms with Crippen molar-refractivity contribution in [2.45, 2.75) is 46.6 Å². The summed E-state index contributed by atoms with van der Waals surface area (Å²) in [6.07, 6.45) is 2.97. The Balaban J connectivity index is 0.000000401. The van der Waals surface area contributed by atoms with Crippen LogP contribution >= 0.6 is 0 Å². The number of hydrogen-bond donors (Lipinski definition) is 1. The summed E-state index contributed by atoms with van der Waals surface area (Å²) in [6, 6.07) is -0.549. The third-order valence-corrected chi connectivity index (χ3v) is 1.93. The molecule has 0 aromatic heterocycles. The predicted molar refractivity (Wildman–Crippen MR) is 58.3 cm³/mol. The van der Waals surface area contributed by atoms with Gasteiger partial charge < -0.3 is 10.1 Å². The normalized spacial score (nSPS) is 15.7. The fourth-order valence-corrected chi connectivity index (χ4v) is 0.798. The van der Waals surface area contributed by atoms with Gasteiger partial charge in [0.1, 0.15) is 6.04 Å². The molecule has 0 heterocycles. The molecular weight excluding hydrogens is 194 g/mol. The molecule has 0 radical (unpaired) electrons. The van der Waals surface area contributed by atoms with Gasteiger partial charge in [-0.3, -0.25) is 4.79 Å². The van der Waals surface area contributed by atoms with Gasteiger partial charge in [0.15, 0.2) is 0 Å². The molecule has 15 heavy (non-hydrogen) atoms. The quantitative estimate of drug-likeness (QED) is 0.726. The molecule has 1 atom stereocenters. The predicted octanol–water partition coefficient (Wildman–Crippen LogP) is 1.49. The van der Waals surface area contributed by atoms with E-state index in [2.05, 4.69) is 17.0 Å². The molecule has 1 amide bonds. The van der Waals surface area contributed by atoms with E-state index < -0.39 is 12.0 Å². The maximum atomic E-state index is 10.8. The number of ether oxygens (including phenoxy) is 1. The smallest absolute Gasteiger partial charge is 0.328 e. The van der Waals surface area contributed by atoms with Crippen LogP contribution in [-0.4, -0.2) is 24.5 Å². The van der Waals surface area contributed by atoms with E-state index in [1.54, 1.807) is 13.8 Å². The molecule has 1 unspecified atom stereocenters. The molecule has 88 valence electrons. The maximum absolute atomic E-state index is 10.8. The van der Waals surface area contributed by atoms with Crippen LogP contribution in [0.5, 0.6) is 0 Å². The Morgan fingerprint density at radius 2 is 1.93 bits per heavy atom. The van der Waals surface area contributed by atoms with Gasteiger partial charge in [0.2, 0.25) is 5.91 Å². The van der Waals surface area contributed by atoms with Crippen molar-refractivity contribution in [3.63, 3.8) is 0 Å². The van der Waals surface area contributed by atoms with Gasteiger partial charge in [-0.2, -0.15) is 0 Å². The molecule has 1 fully saturated rings. The van der Waals surface area contributed by atoms with E-state index in [1.807, 2.05) is 0 Å². The zero-order valence-electron chi connectivity index (χ0n) is 10.0. The van der Waals surface area contributed by atoms with Crippen LogP contribution in [0.25, 0.3) is 0 Å². The van der Waals surface area contributed by atoms with Crippen LogP contribution in [0.4, 0.5) is 0 Å². The highest BCUT2D eigenvalue weighted by molar-refractivity contribution is 5.82. The summed E-state index contributed by atoms with van der Waals surface area (Å²) in [5.74, 6) is 0.452. The lowest BCUT2D eigenvalue weighted by molar-refractivity contribution is -0.146. The van der Waals surface area contributed by atoms with Crippen LogP contribution in [0.3, 0.4) is 0 Å². The van der Waals surface area contributed by atoms with Crippen molar-refractivity contribution >= 4 is 11.9 Å². The molecule has 0 saturated heterocycles. The summed E-state index contributed by atoms with van der Waals surface area (Å²) in [5, 5.41) is 2.41. The summed E-state index contributed by atoms with van der Waals surface area (Å²) >= 11 is 0. The summed E-state index contributed by atoms with van der Waals surface area (Å²) in [7, 11) is 0.